The minimum absolute atomic E-state index is 0.0245. The number of hydrogen-bond donors (Lipinski definition) is 3. The van der Waals surface area contributed by atoms with Gasteiger partial charge in [0.1, 0.15) is 0 Å². The van der Waals surface area contributed by atoms with Gasteiger partial charge in [0.25, 0.3) is 0 Å². The van der Waals surface area contributed by atoms with E-state index in [1.807, 2.05) is 30.4 Å². The van der Waals surface area contributed by atoms with Crippen LogP contribution >= 0.6 is 0 Å². The van der Waals surface area contributed by atoms with Gasteiger partial charge in [-0.1, -0.05) is 0 Å². The number of nitrogens with zero attached hydrogens (tertiary/aromatic N) is 1. The van der Waals surface area contributed by atoms with E-state index in [-0.39, 0.29) is 12.1 Å². The van der Waals surface area contributed by atoms with Gasteiger partial charge in [0, 0.05) is 32.0 Å². The molecule has 5 heteroatoms. The van der Waals surface area contributed by atoms with Gasteiger partial charge in [0.15, 0.2) is 0 Å². The second kappa shape index (κ2) is 4.35. The maximum atomic E-state index is 11.6. The molecule has 0 saturated carbocycles. The van der Waals surface area contributed by atoms with Crippen LogP contribution in [-0.4, -0.2) is 42.6 Å². The molecule has 1 aromatic rings. The Morgan fingerprint density at radius 2 is 2.53 bits per heavy atom. The summed E-state index contributed by atoms with van der Waals surface area (Å²) in [6.45, 7) is 2.33. The molecule has 1 aliphatic heterocycles. The second-order valence-corrected chi connectivity index (χ2v) is 3.70. The number of urea groups is 1. The second-order valence-electron chi connectivity index (χ2n) is 3.70. The molecule has 2 heterocycles. The molecule has 82 valence electrons. The molecule has 1 aromatic heterocycles. The number of carbonyl (C=O) groups excluding carboxylic acids is 1. The summed E-state index contributed by atoms with van der Waals surface area (Å²) in [5.41, 5.74) is 1.13. The van der Waals surface area contributed by atoms with Crippen molar-refractivity contribution in [3.8, 4) is 0 Å². The lowest BCUT2D eigenvalue weighted by atomic mass is 10.1. The Kier molecular flexibility index (Phi) is 2.91. The van der Waals surface area contributed by atoms with Gasteiger partial charge in [-0.3, -0.25) is 0 Å². The fourth-order valence-electron chi connectivity index (χ4n) is 1.77. The van der Waals surface area contributed by atoms with E-state index in [2.05, 4.69) is 15.6 Å². The Morgan fingerprint density at radius 3 is 3.20 bits per heavy atom. The molecule has 0 aromatic carbocycles. The maximum absolute atomic E-state index is 11.6. The third-order valence-electron chi connectivity index (χ3n) is 2.64. The smallest absolute Gasteiger partial charge is 0.318 e. The SMILES string of the molecule is CNCCN1CC(c2cc[nH]c2)NC1=O. The van der Waals surface area contributed by atoms with Crippen LogP contribution in [-0.2, 0) is 0 Å². The summed E-state index contributed by atoms with van der Waals surface area (Å²) in [7, 11) is 1.89. The summed E-state index contributed by atoms with van der Waals surface area (Å²) in [4.78, 5) is 16.4. The van der Waals surface area contributed by atoms with Crippen LogP contribution in [0.25, 0.3) is 0 Å². The minimum atomic E-state index is 0.0245. The van der Waals surface area contributed by atoms with Gasteiger partial charge in [-0.25, -0.2) is 4.79 Å². The van der Waals surface area contributed by atoms with Gasteiger partial charge in [-0.05, 0) is 18.7 Å². The van der Waals surface area contributed by atoms with Gasteiger partial charge >= 0.3 is 6.03 Å². The van der Waals surface area contributed by atoms with Crippen molar-refractivity contribution < 1.29 is 4.79 Å². The monoisotopic (exact) mass is 208 g/mol. The lowest BCUT2D eigenvalue weighted by molar-refractivity contribution is 0.218. The predicted molar refractivity (Wildman–Crippen MR) is 57.6 cm³/mol. The first-order valence-corrected chi connectivity index (χ1v) is 5.14. The molecule has 2 amide bonds. The molecule has 5 nitrogen and oxygen atoms in total. The summed E-state index contributed by atoms with van der Waals surface area (Å²) in [5.74, 6) is 0. The third-order valence-corrected chi connectivity index (χ3v) is 2.64. The van der Waals surface area contributed by atoms with Gasteiger partial charge in [-0.15, -0.1) is 0 Å². The topological polar surface area (TPSA) is 60.2 Å². The zero-order valence-corrected chi connectivity index (χ0v) is 8.79. The highest BCUT2D eigenvalue weighted by Gasteiger charge is 2.29. The lowest BCUT2D eigenvalue weighted by Crippen LogP contribution is -2.33. The number of aromatic amines is 1. The predicted octanol–water partition coefficient (Wildman–Crippen LogP) is 0.300. The van der Waals surface area contributed by atoms with Crippen LogP contribution in [0.4, 0.5) is 4.79 Å². The first-order chi connectivity index (χ1) is 7.31. The summed E-state index contributed by atoms with van der Waals surface area (Å²) in [6.07, 6.45) is 3.80. The Balaban J connectivity index is 1.95. The largest absolute Gasteiger partial charge is 0.367 e. The number of nitrogens with one attached hydrogen (secondary N) is 3. The standard InChI is InChI=1S/C10H16N4O/c1-11-4-5-14-7-9(13-10(14)15)8-2-3-12-6-8/h2-3,6,9,11-12H,4-5,7H2,1H3,(H,13,15). The number of carbonyl (C=O) groups is 1. The van der Waals surface area contributed by atoms with Crippen molar-refractivity contribution >= 4 is 6.03 Å². The number of amides is 2. The molecule has 0 spiro atoms. The number of aromatic nitrogens is 1. The highest BCUT2D eigenvalue weighted by molar-refractivity contribution is 5.77. The molecule has 1 aliphatic rings. The number of H-pyrrole nitrogens is 1. The molecule has 3 N–H and O–H groups in total. The summed E-state index contributed by atoms with van der Waals surface area (Å²) in [5, 5.41) is 5.99. The van der Waals surface area contributed by atoms with Crippen molar-refractivity contribution in [1.82, 2.24) is 20.5 Å². The molecular formula is C10H16N4O. The van der Waals surface area contributed by atoms with Crippen LogP contribution in [0.3, 0.4) is 0 Å². The van der Waals surface area contributed by atoms with Crippen molar-refractivity contribution in [2.75, 3.05) is 26.7 Å². The summed E-state index contributed by atoms with van der Waals surface area (Å²) < 4.78 is 0. The Hall–Kier alpha value is -1.49. The quantitative estimate of drug-likeness (QED) is 0.666. The van der Waals surface area contributed by atoms with E-state index in [9.17, 15) is 4.79 Å². The zero-order chi connectivity index (χ0) is 10.7. The van der Waals surface area contributed by atoms with E-state index < -0.39 is 0 Å². The fraction of sp³-hybridized carbons (Fsp3) is 0.500. The van der Waals surface area contributed by atoms with Crippen LogP contribution in [0.2, 0.25) is 0 Å². The van der Waals surface area contributed by atoms with Crippen LogP contribution in [0.5, 0.6) is 0 Å². The van der Waals surface area contributed by atoms with Crippen molar-refractivity contribution in [3.05, 3.63) is 24.0 Å². The first-order valence-electron chi connectivity index (χ1n) is 5.14. The van der Waals surface area contributed by atoms with Crippen molar-refractivity contribution in [3.63, 3.8) is 0 Å². The van der Waals surface area contributed by atoms with Gasteiger partial charge in [-0.2, -0.15) is 0 Å². The molecule has 1 saturated heterocycles. The van der Waals surface area contributed by atoms with Gasteiger partial charge in [0.2, 0.25) is 0 Å². The van der Waals surface area contributed by atoms with E-state index in [0.29, 0.717) is 0 Å². The summed E-state index contributed by atoms with van der Waals surface area (Å²) >= 11 is 0. The van der Waals surface area contributed by atoms with Gasteiger partial charge < -0.3 is 20.5 Å². The lowest BCUT2D eigenvalue weighted by Gasteiger charge is -2.13. The molecular weight excluding hydrogens is 192 g/mol. The molecule has 0 bridgehead atoms. The van der Waals surface area contributed by atoms with Crippen molar-refractivity contribution in [1.29, 1.82) is 0 Å². The van der Waals surface area contributed by atoms with E-state index in [1.165, 1.54) is 0 Å². The fourth-order valence-corrected chi connectivity index (χ4v) is 1.77. The number of likely N-dealkylation sites (N-methyl/N-ethyl adjacent to an activating group) is 1. The average Bonchev–Trinajstić information content (AvgIpc) is 2.83. The summed E-state index contributed by atoms with van der Waals surface area (Å²) in [6, 6.07) is 2.14. The van der Waals surface area contributed by atoms with Crippen LogP contribution in [0.1, 0.15) is 11.6 Å². The van der Waals surface area contributed by atoms with Gasteiger partial charge in [0.05, 0.1) is 6.04 Å². The number of rotatable bonds is 4. The number of hydrogen-bond acceptors (Lipinski definition) is 2. The van der Waals surface area contributed by atoms with E-state index >= 15 is 0 Å². The minimum Gasteiger partial charge on any atom is -0.367 e. The molecule has 2 rings (SSSR count). The molecule has 1 unspecified atom stereocenters. The third kappa shape index (κ3) is 2.12. The zero-order valence-electron chi connectivity index (χ0n) is 8.79. The van der Waals surface area contributed by atoms with Crippen LogP contribution < -0.4 is 10.6 Å². The van der Waals surface area contributed by atoms with E-state index in [0.717, 1.165) is 25.2 Å². The normalized spacial score (nSPS) is 20.7. The Labute approximate surface area is 88.8 Å². The average molecular weight is 208 g/mol. The molecule has 15 heavy (non-hydrogen) atoms. The van der Waals surface area contributed by atoms with E-state index in [1.54, 1.807) is 0 Å². The van der Waals surface area contributed by atoms with Crippen molar-refractivity contribution in [2.24, 2.45) is 0 Å². The molecule has 0 radical (unpaired) electrons. The highest BCUT2D eigenvalue weighted by atomic mass is 16.2. The Morgan fingerprint density at radius 1 is 1.67 bits per heavy atom. The Bertz CT molecular complexity index is 322. The maximum Gasteiger partial charge on any atom is 0.318 e. The highest BCUT2D eigenvalue weighted by Crippen LogP contribution is 2.18. The van der Waals surface area contributed by atoms with E-state index in [4.69, 9.17) is 0 Å². The first kappa shape index (κ1) is 10.0. The molecule has 0 aliphatic carbocycles. The van der Waals surface area contributed by atoms with Crippen molar-refractivity contribution in [2.45, 2.75) is 6.04 Å². The van der Waals surface area contributed by atoms with Crippen LogP contribution in [0, 0.1) is 0 Å². The van der Waals surface area contributed by atoms with Crippen LogP contribution in [0.15, 0.2) is 18.5 Å². The molecule has 1 fully saturated rings. The molecule has 1 atom stereocenters.